The lowest BCUT2D eigenvalue weighted by atomic mass is 10.2. The van der Waals surface area contributed by atoms with Crippen molar-refractivity contribution in [3.8, 4) is 11.5 Å². The number of rotatable bonds is 7. The first-order valence-electron chi connectivity index (χ1n) is 10.1. The van der Waals surface area contributed by atoms with E-state index in [0.29, 0.717) is 28.4 Å². The second-order valence-electron chi connectivity index (χ2n) is 7.26. The number of anilines is 2. The zero-order valence-corrected chi connectivity index (χ0v) is 18.5. The highest BCUT2D eigenvalue weighted by atomic mass is 32.2. The number of amides is 1. The van der Waals surface area contributed by atoms with E-state index in [2.05, 4.69) is 15.0 Å². The number of aromatic nitrogens is 1. The number of hydrogen-bond acceptors (Lipinski definition) is 5. The van der Waals surface area contributed by atoms with Gasteiger partial charge in [-0.05, 0) is 79.7 Å². The van der Waals surface area contributed by atoms with Crippen LogP contribution in [0.2, 0.25) is 0 Å². The zero-order chi connectivity index (χ0) is 23.3. The number of benzene rings is 3. The lowest BCUT2D eigenvalue weighted by Gasteiger charge is -2.10. The predicted molar refractivity (Wildman–Crippen MR) is 127 cm³/mol. The second kappa shape index (κ2) is 9.54. The molecule has 1 amide bonds. The molecule has 8 heteroatoms. The van der Waals surface area contributed by atoms with Crippen molar-refractivity contribution in [2.24, 2.45) is 0 Å². The van der Waals surface area contributed by atoms with Crippen LogP contribution in [0.3, 0.4) is 0 Å². The summed E-state index contributed by atoms with van der Waals surface area (Å²) in [5, 5.41) is 2.78. The normalized spacial score (nSPS) is 10.9. The Balaban J connectivity index is 1.39. The maximum Gasteiger partial charge on any atom is 0.261 e. The standard InChI is InChI=1S/C25H21N3O4S/c1-18-2-6-21(7-3-18)28-33(30,31)24-12-4-19(5-13-24)25(29)27-20-8-10-22(11-9-20)32-23-14-16-26-17-15-23/h2-17,28H,1H3,(H,27,29). The van der Waals surface area contributed by atoms with Gasteiger partial charge in [-0.15, -0.1) is 0 Å². The van der Waals surface area contributed by atoms with E-state index in [-0.39, 0.29) is 10.8 Å². The molecule has 0 saturated heterocycles. The van der Waals surface area contributed by atoms with Gasteiger partial charge >= 0.3 is 0 Å². The molecule has 4 aromatic rings. The summed E-state index contributed by atoms with van der Waals surface area (Å²) in [6.07, 6.45) is 3.28. The Morgan fingerprint density at radius 3 is 1.97 bits per heavy atom. The smallest absolute Gasteiger partial charge is 0.261 e. The fourth-order valence-corrected chi connectivity index (χ4v) is 4.03. The largest absolute Gasteiger partial charge is 0.457 e. The molecule has 0 bridgehead atoms. The minimum atomic E-state index is -3.76. The molecule has 3 aromatic carbocycles. The van der Waals surface area contributed by atoms with Gasteiger partial charge in [0.2, 0.25) is 0 Å². The molecular formula is C25H21N3O4S. The zero-order valence-electron chi connectivity index (χ0n) is 17.7. The van der Waals surface area contributed by atoms with E-state index in [0.717, 1.165) is 5.56 Å². The first kappa shape index (κ1) is 22.0. The molecule has 0 aliphatic carbocycles. The first-order valence-corrected chi connectivity index (χ1v) is 11.6. The fourth-order valence-electron chi connectivity index (χ4n) is 2.97. The van der Waals surface area contributed by atoms with E-state index >= 15 is 0 Å². The molecule has 0 spiro atoms. The summed E-state index contributed by atoms with van der Waals surface area (Å²) in [7, 11) is -3.76. The average Bonchev–Trinajstić information content (AvgIpc) is 2.82. The molecular weight excluding hydrogens is 438 g/mol. The fraction of sp³-hybridized carbons (Fsp3) is 0.0400. The lowest BCUT2D eigenvalue weighted by Crippen LogP contribution is -2.14. The number of pyridine rings is 1. The maximum absolute atomic E-state index is 12.6. The van der Waals surface area contributed by atoms with Crippen LogP contribution in [0.25, 0.3) is 0 Å². The number of ether oxygens (including phenoxy) is 1. The van der Waals surface area contributed by atoms with Gasteiger partial charge in [-0.25, -0.2) is 8.42 Å². The molecule has 1 aromatic heterocycles. The summed E-state index contributed by atoms with van der Waals surface area (Å²) in [5.74, 6) is 0.928. The van der Waals surface area contributed by atoms with Crippen LogP contribution in [0.4, 0.5) is 11.4 Å². The predicted octanol–water partition coefficient (Wildman–Crippen LogP) is 5.24. The first-order chi connectivity index (χ1) is 15.9. The van der Waals surface area contributed by atoms with Crippen LogP contribution in [-0.4, -0.2) is 19.3 Å². The summed E-state index contributed by atoms with van der Waals surface area (Å²) in [6.45, 7) is 1.92. The van der Waals surface area contributed by atoms with Gasteiger partial charge in [0.05, 0.1) is 4.90 Å². The third kappa shape index (κ3) is 5.75. The molecule has 4 rings (SSSR count). The van der Waals surface area contributed by atoms with E-state index in [4.69, 9.17) is 4.74 Å². The summed E-state index contributed by atoms with van der Waals surface area (Å²) >= 11 is 0. The Labute approximate surface area is 192 Å². The Hall–Kier alpha value is -4.17. The van der Waals surface area contributed by atoms with Crippen molar-refractivity contribution >= 4 is 27.3 Å². The molecule has 0 unspecified atom stereocenters. The van der Waals surface area contributed by atoms with Gasteiger partial charge < -0.3 is 10.1 Å². The summed E-state index contributed by atoms with van der Waals surface area (Å²) in [5.41, 5.74) is 2.42. The van der Waals surface area contributed by atoms with E-state index in [1.54, 1.807) is 60.9 Å². The average molecular weight is 460 g/mol. The van der Waals surface area contributed by atoms with Crippen LogP contribution in [0.1, 0.15) is 15.9 Å². The molecule has 1 heterocycles. The van der Waals surface area contributed by atoms with Crippen molar-refractivity contribution in [3.05, 3.63) is 108 Å². The summed E-state index contributed by atoms with van der Waals surface area (Å²) < 4.78 is 33.4. The van der Waals surface area contributed by atoms with E-state index in [9.17, 15) is 13.2 Å². The van der Waals surface area contributed by atoms with Gasteiger partial charge in [-0.3, -0.25) is 14.5 Å². The number of nitrogens with one attached hydrogen (secondary N) is 2. The highest BCUT2D eigenvalue weighted by molar-refractivity contribution is 7.92. The second-order valence-corrected chi connectivity index (χ2v) is 8.94. The number of aryl methyl sites for hydroxylation is 1. The molecule has 0 aliphatic heterocycles. The van der Waals surface area contributed by atoms with E-state index in [1.807, 2.05) is 19.1 Å². The Morgan fingerprint density at radius 1 is 0.758 bits per heavy atom. The lowest BCUT2D eigenvalue weighted by molar-refractivity contribution is 0.102. The van der Waals surface area contributed by atoms with Crippen molar-refractivity contribution in [1.29, 1.82) is 0 Å². The maximum atomic E-state index is 12.6. The molecule has 33 heavy (non-hydrogen) atoms. The summed E-state index contributed by atoms with van der Waals surface area (Å²) in [6, 6.07) is 23.2. The van der Waals surface area contributed by atoms with Crippen molar-refractivity contribution in [2.75, 3.05) is 10.0 Å². The molecule has 0 saturated carbocycles. The molecule has 0 fully saturated rings. The number of sulfonamides is 1. The van der Waals surface area contributed by atoms with Gasteiger partial charge in [0, 0.05) is 29.3 Å². The topological polar surface area (TPSA) is 97.4 Å². The highest BCUT2D eigenvalue weighted by Crippen LogP contribution is 2.23. The molecule has 166 valence electrons. The summed E-state index contributed by atoms with van der Waals surface area (Å²) in [4.78, 5) is 16.6. The molecule has 2 N–H and O–H groups in total. The highest BCUT2D eigenvalue weighted by Gasteiger charge is 2.15. The van der Waals surface area contributed by atoms with Crippen LogP contribution < -0.4 is 14.8 Å². The number of hydrogen-bond donors (Lipinski definition) is 2. The van der Waals surface area contributed by atoms with Crippen LogP contribution in [0, 0.1) is 6.92 Å². The third-order valence-electron chi connectivity index (χ3n) is 4.73. The van der Waals surface area contributed by atoms with Crippen LogP contribution in [0.5, 0.6) is 11.5 Å². The van der Waals surface area contributed by atoms with Crippen LogP contribution in [0.15, 0.2) is 102 Å². The molecule has 7 nitrogen and oxygen atoms in total. The third-order valence-corrected chi connectivity index (χ3v) is 6.13. The van der Waals surface area contributed by atoms with Gasteiger partial charge in [0.1, 0.15) is 11.5 Å². The van der Waals surface area contributed by atoms with Gasteiger partial charge in [-0.2, -0.15) is 0 Å². The number of nitrogens with zero attached hydrogens (tertiary/aromatic N) is 1. The Morgan fingerprint density at radius 2 is 1.33 bits per heavy atom. The number of carbonyl (C=O) groups is 1. The van der Waals surface area contributed by atoms with E-state index in [1.165, 1.54) is 24.3 Å². The van der Waals surface area contributed by atoms with Crippen molar-refractivity contribution < 1.29 is 17.9 Å². The quantitative estimate of drug-likeness (QED) is 0.394. The van der Waals surface area contributed by atoms with Crippen LogP contribution in [-0.2, 0) is 10.0 Å². The Kier molecular flexibility index (Phi) is 6.37. The minimum absolute atomic E-state index is 0.0669. The Bertz CT molecular complexity index is 1340. The molecule has 0 atom stereocenters. The van der Waals surface area contributed by atoms with Crippen molar-refractivity contribution in [3.63, 3.8) is 0 Å². The van der Waals surface area contributed by atoms with Crippen LogP contribution >= 0.6 is 0 Å². The number of carbonyl (C=O) groups excluding carboxylic acids is 1. The molecule has 0 aliphatic rings. The van der Waals surface area contributed by atoms with Gasteiger partial charge in [0.25, 0.3) is 15.9 Å². The minimum Gasteiger partial charge on any atom is -0.457 e. The molecule has 0 radical (unpaired) electrons. The van der Waals surface area contributed by atoms with Crippen molar-refractivity contribution in [1.82, 2.24) is 4.98 Å². The van der Waals surface area contributed by atoms with Gasteiger partial charge in [-0.1, -0.05) is 17.7 Å². The van der Waals surface area contributed by atoms with Gasteiger partial charge in [0.15, 0.2) is 0 Å². The monoisotopic (exact) mass is 459 g/mol. The SMILES string of the molecule is Cc1ccc(NS(=O)(=O)c2ccc(C(=O)Nc3ccc(Oc4ccncc4)cc3)cc2)cc1. The van der Waals surface area contributed by atoms with Crippen molar-refractivity contribution in [2.45, 2.75) is 11.8 Å². The van der Waals surface area contributed by atoms with E-state index < -0.39 is 10.0 Å².